The van der Waals surface area contributed by atoms with Gasteiger partial charge in [-0.2, -0.15) is 0 Å². The van der Waals surface area contributed by atoms with E-state index < -0.39 is 0 Å². The van der Waals surface area contributed by atoms with Gasteiger partial charge in [-0.3, -0.25) is 9.69 Å². The van der Waals surface area contributed by atoms with E-state index in [-0.39, 0.29) is 5.92 Å². The highest BCUT2D eigenvalue weighted by molar-refractivity contribution is 5.79. The van der Waals surface area contributed by atoms with Crippen molar-refractivity contribution in [2.24, 2.45) is 5.92 Å². The fraction of sp³-hybridized carbons (Fsp3) is 0.600. The number of hydrogen-bond donors (Lipinski definition) is 1. The predicted molar refractivity (Wildman–Crippen MR) is 103 cm³/mol. The number of aromatic amines is 1. The summed E-state index contributed by atoms with van der Waals surface area (Å²) in [5, 5.41) is 0. The SMILES string of the molecule is Cc1ccc2nc(CN3CCC(C(=O)N4CCN(C)CC4)CC3)[nH]c2c1. The van der Waals surface area contributed by atoms with Gasteiger partial charge in [-0.05, 0) is 57.6 Å². The molecule has 4 rings (SSSR count). The maximum atomic E-state index is 12.7. The molecular formula is C20H29N5O. The predicted octanol–water partition coefficient (Wildman–Crippen LogP) is 1.86. The molecule has 2 fully saturated rings. The molecule has 1 aromatic carbocycles. The number of amides is 1. The molecule has 1 N–H and O–H groups in total. The Kier molecular flexibility index (Phi) is 4.96. The minimum atomic E-state index is 0.202. The van der Waals surface area contributed by atoms with Crippen molar-refractivity contribution in [3.63, 3.8) is 0 Å². The molecule has 0 radical (unpaired) electrons. The van der Waals surface area contributed by atoms with Gasteiger partial charge in [0.15, 0.2) is 0 Å². The van der Waals surface area contributed by atoms with E-state index in [1.54, 1.807) is 0 Å². The molecule has 0 atom stereocenters. The smallest absolute Gasteiger partial charge is 0.225 e. The summed E-state index contributed by atoms with van der Waals surface area (Å²) in [7, 11) is 2.12. The molecule has 2 aliphatic rings. The summed E-state index contributed by atoms with van der Waals surface area (Å²) in [6.45, 7) is 8.64. The molecule has 0 saturated carbocycles. The van der Waals surface area contributed by atoms with Gasteiger partial charge in [-0.1, -0.05) is 6.07 Å². The number of carbonyl (C=O) groups excluding carboxylic acids is 1. The molecule has 2 aliphatic heterocycles. The quantitative estimate of drug-likeness (QED) is 0.913. The number of rotatable bonds is 3. The van der Waals surface area contributed by atoms with Crippen LogP contribution in [0.4, 0.5) is 0 Å². The lowest BCUT2D eigenvalue weighted by Crippen LogP contribution is -2.50. The number of likely N-dealkylation sites (N-methyl/N-ethyl adjacent to an activating group) is 1. The lowest BCUT2D eigenvalue weighted by atomic mass is 9.95. The van der Waals surface area contributed by atoms with Crippen molar-refractivity contribution in [2.75, 3.05) is 46.3 Å². The molecule has 0 unspecified atom stereocenters. The van der Waals surface area contributed by atoms with Gasteiger partial charge in [0.05, 0.1) is 17.6 Å². The van der Waals surface area contributed by atoms with Crippen molar-refractivity contribution >= 4 is 16.9 Å². The molecule has 0 aliphatic carbocycles. The van der Waals surface area contributed by atoms with Gasteiger partial charge in [-0.15, -0.1) is 0 Å². The Balaban J connectivity index is 1.31. The van der Waals surface area contributed by atoms with Gasteiger partial charge >= 0.3 is 0 Å². The lowest BCUT2D eigenvalue weighted by Gasteiger charge is -2.37. The molecule has 140 valence electrons. The van der Waals surface area contributed by atoms with E-state index >= 15 is 0 Å². The summed E-state index contributed by atoms with van der Waals surface area (Å²) < 4.78 is 0. The van der Waals surface area contributed by atoms with Gasteiger partial charge in [0.1, 0.15) is 5.82 Å². The molecular weight excluding hydrogens is 326 g/mol. The van der Waals surface area contributed by atoms with Crippen molar-refractivity contribution in [3.8, 4) is 0 Å². The topological polar surface area (TPSA) is 55.5 Å². The summed E-state index contributed by atoms with van der Waals surface area (Å²) in [6, 6.07) is 6.32. The maximum Gasteiger partial charge on any atom is 0.225 e. The Bertz CT molecular complexity index is 770. The summed E-state index contributed by atoms with van der Waals surface area (Å²) in [4.78, 5) is 27.7. The number of aryl methyl sites for hydroxylation is 1. The monoisotopic (exact) mass is 355 g/mol. The minimum absolute atomic E-state index is 0.202. The van der Waals surface area contributed by atoms with Crippen LogP contribution in [0.1, 0.15) is 24.2 Å². The molecule has 0 spiro atoms. The van der Waals surface area contributed by atoms with Crippen LogP contribution in [0.5, 0.6) is 0 Å². The number of likely N-dealkylation sites (tertiary alicyclic amines) is 1. The number of fused-ring (bicyclic) bond motifs is 1. The number of H-pyrrole nitrogens is 1. The fourth-order valence-corrected chi connectivity index (χ4v) is 4.09. The summed E-state index contributed by atoms with van der Waals surface area (Å²) in [5.41, 5.74) is 3.39. The first-order valence-electron chi connectivity index (χ1n) is 9.73. The van der Waals surface area contributed by atoms with E-state index in [4.69, 9.17) is 4.98 Å². The van der Waals surface area contributed by atoms with E-state index in [0.29, 0.717) is 5.91 Å². The van der Waals surface area contributed by atoms with Crippen LogP contribution in [-0.4, -0.2) is 76.9 Å². The summed E-state index contributed by atoms with van der Waals surface area (Å²) in [6.07, 6.45) is 1.93. The minimum Gasteiger partial charge on any atom is -0.341 e. The zero-order valence-electron chi connectivity index (χ0n) is 15.9. The van der Waals surface area contributed by atoms with Crippen LogP contribution in [0.25, 0.3) is 11.0 Å². The molecule has 26 heavy (non-hydrogen) atoms. The summed E-state index contributed by atoms with van der Waals surface area (Å²) >= 11 is 0. The van der Waals surface area contributed by atoms with Gasteiger partial charge < -0.3 is 14.8 Å². The molecule has 1 amide bonds. The Morgan fingerprint density at radius 1 is 1.15 bits per heavy atom. The number of aromatic nitrogens is 2. The van der Waals surface area contributed by atoms with Crippen molar-refractivity contribution in [3.05, 3.63) is 29.6 Å². The summed E-state index contributed by atoms with van der Waals surface area (Å²) in [5.74, 6) is 1.60. The largest absolute Gasteiger partial charge is 0.341 e. The Hall–Kier alpha value is -1.92. The third kappa shape index (κ3) is 3.76. The van der Waals surface area contributed by atoms with Crippen LogP contribution in [0, 0.1) is 12.8 Å². The molecule has 2 saturated heterocycles. The van der Waals surface area contributed by atoms with Gasteiger partial charge in [0, 0.05) is 32.1 Å². The highest BCUT2D eigenvalue weighted by Crippen LogP contribution is 2.22. The standard InChI is InChI=1S/C20H29N5O/c1-15-3-4-17-18(13-15)22-19(21-17)14-24-7-5-16(6-8-24)20(26)25-11-9-23(2)10-12-25/h3-4,13,16H,5-12,14H2,1-2H3,(H,21,22). The Morgan fingerprint density at radius 2 is 1.88 bits per heavy atom. The van der Waals surface area contributed by atoms with Gasteiger partial charge in [0.25, 0.3) is 0 Å². The normalized spacial score (nSPS) is 20.8. The average Bonchev–Trinajstić information content (AvgIpc) is 3.03. The Labute approximate surface area is 155 Å². The van der Waals surface area contributed by atoms with Crippen molar-refractivity contribution in [1.29, 1.82) is 0 Å². The van der Waals surface area contributed by atoms with Crippen LogP contribution >= 0.6 is 0 Å². The zero-order valence-corrected chi connectivity index (χ0v) is 15.9. The first kappa shape index (κ1) is 17.5. The second kappa shape index (κ2) is 7.37. The second-order valence-corrected chi connectivity index (χ2v) is 7.88. The highest BCUT2D eigenvalue weighted by atomic mass is 16.2. The van der Waals surface area contributed by atoms with Crippen LogP contribution in [-0.2, 0) is 11.3 Å². The van der Waals surface area contributed by atoms with E-state index in [1.807, 2.05) is 0 Å². The van der Waals surface area contributed by atoms with Crippen LogP contribution in [0.2, 0.25) is 0 Å². The third-order valence-electron chi connectivity index (χ3n) is 5.81. The maximum absolute atomic E-state index is 12.7. The average molecular weight is 355 g/mol. The molecule has 1 aromatic heterocycles. The van der Waals surface area contributed by atoms with E-state index in [1.165, 1.54) is 5.56 Å². The van der Waals surface area contributed by atoms with E-state index in [9.17, 15) is 4.79 Å². The number of piperidine rings is 1. The number of benzene rings is 1. The highest BCUT2D eigenvalue weighted by Gasteiger charge is 2.30. The van der Waals surface area contributed by atoms with Crippen molar-refractivity contribution in [2.45, 2.75) is 26.3 Å². The zero-order chi connectivity index (χ0) is 18.1. The van der Waals surface area contributed by atoms with Crippen LogP contribution in [0.3, 0.4) is 0 Å². The fourth-order valence-electron chi connectivity index (χ4n) is 4.09. The number of carbonyl (C=O) groups is 1. The first-order valence-corrected chi connectivity index (χ1v) is 9.73. The second-order valence-electron chi connectivity index (χ2n) is 7.88. The number of hydrogen-bond acceptors (Lipinski definition) is 4. The van der Waals surface area contributed by atoms with Crippen LogP contribution in [0.15, 0.2) is 18.2 Å². The molecule has 6 nitrogen and oxygen atoms in total. The van der Waals surface area contributed by atoms with Gasteiger partial charge in [0.2, 0.25) is 5.91 Å². The number of piperazine rings is 1. The Morgan fingerprint density at radius 3 is 2.62 bits per heavy atom. The third-order valence-corrected chi connectivity index (χ3v) is 5.81. The lowest BCUT2D eigenvalue weighted by molar-refractivity contribution is -0.138. The van der Waals surface area contributed by atoms with Crippen LogP contribution < -0.4 is 0 Å². The van der Waals surface area contributed by atoms with Crippen molar-refractivity contribution in [1.82, 2.24) is 24.7 Å². The van der Waals surface area contributed by atoms with Crippen molar-refractivity contribution < 1.29 is 4.79 Å². The molecule has 0 bridgehead atoms. The number of nitrogens with one attached hydrogen (secondary N) is 1. The number of nitrogens with zero attached hydrogens (tertiary/aromatic N) is 4. The van der Waals surface area contributed by atoms with E-state index in [2.05, 4.69) is 51.9 Å². The number of imidazole rings is 1. The first-order chi connectivity index (χ1) is 12.6. The molecule has 6 heteroatoms. The molecule has 3 heterocycles. The van der Waals surface area contributed by atoms with E-state index in [0.717, 1.165) is 75.5 Å². The molecule has 2 aromatic rings. The van der Waals surface area contributed by atoms with Gasteiger partial charge in [-0.25, -0.2) is 4.98 Å².